The highest BCUT2D eigenvalue weighted by Crippen LogP contribution is 2.32. The van der Waals surface area contributed by atoms with E-state index in [2.05, 4.69) is 24.1 Å². The molecular formula is C17H27FN2O. The van der Waals surface area contributed by atoms with Crippen molar-refractivity contribution in [2.24, 2.45) is 5.92 Å². The molecule has 0 aliphatic carbocycles. The lowest BCUT2D eigenvalue weighted by Gasteiger charge is -2.36. The Morgan fingerprint density at radius 2 is 2.24 bits per heavy atom. The molecular weight excluding hydrogens is 267 g/mol. The number of hydrogen-bond donors (Lipinski definition) is 2. The van der Waals surface area contributed by atoms with E-state index in [0.717, 1.165) is 43.7 Å². The van der Waals surface area contributed by atoms with E-state index in [0.29, 0.717) is 11.5 Å². The van der Waals surface area contributed by atoms with E-state index < -0.39 is 0 Å². The van der Waals surface area contributed by atoms with Crippen LogP contribution in [0.5, 0.6) is 0 Å². The van der Waals surface area contributed by atoms with Crippen molar-refractivity contribution in [2.45, 2.75) is 39.7 Å². The van der Waals surface area contributed by atoms with Crippen LogP contribution in [0.4, 0.5) is 10.1 Å². The molecule has 4 heteroatoms. The molecule has 2 N–H and O–H groups in total. The number of benzene rings is 1. The molecule has 2 rings (SSSR count). The Labute approximate surface area is 127 Å². The van der Waals surface area contributed by atoms with E-state index in [1.807, 2.05) is 13.0 Å². The van der Waals surface area contributed by atoms with Gasteiger partial charge >= 0.3 is 0 Å². The van der Waals surface area contributed by atoms with Crippen LogP contribution in [0, 0.1) is 18.7 Å². The van der Waals surface area contributed by atoms with Gasteiger partial charge in [0.1, 0.15) is 5.82 Å². The van der Waals surface area contributed by atoms with Crippen LogP contribution >= 0.6 is 0 Å². The van der Waals surface area contributed by atoms with E-state index in [9.17, 15) is 9.50 Å². The number of nitrogens with one attached hydrogen (secondary N) is 1. The van der Waals surface area contributed by atoms with Gasteiger partial charge in [0.05, 0.1) is 0 Å². The van der Waals surface area contributed by atoms with Crippen molar-refractivity contribution >= 4 is 5.69 Å². The van der Waals surface area contributed by atoms with Crippen LogP contribution in [0.15, 0.2) is 12.1 Å². The summed E-state index contributed by atoms with van der Waals surface area (Å²) in [4.78, 5) is 2.31. The van der Waals surface area contributed by atoms with Gasteiger partial charge in [0.25, 0.3) is 0 Å². The predicted molar refractivity (Wildman–Crippen MR) is 85.3 cm³/mol. The first-order chi connectivity index (χ1) is 10.1. The van der Waals surface area contributed by atoms with Gasteiger partial charge in [0.2, 0.25) is 0 Å². The van der Waals surface area contributed by atoms with Crippen molar-refractivity contribution in [3.8, 4) is 0 Å². The molecule has 2 unspecified atom stereocenters. The molecule has 0 saturated carbocycles. The van der Waals surface area contributed by atoms with Crippen LogP contribution in [0.2, 0.25) is 0 Å². The van der Waals surface area contributed by atoms with Crippen LogP contribution in [0.3, 0.4) is 0 Å². The largest absolute Gasteiger partial charge is 0.396 e. The fraction of sp³-hybridized carbons (Fsp3) is 0.647. The third-order valence-corrected chi connectivity index (χ3v) is 4.40. The first-order valence-electron chi connectivity index (χ1n) is 7.96. The van der Waals surface area contributed by atoms with Crippen LogP contribution in [-0.4, -0.2) is 31.3 Å². The minimum Gasteiger partial charge on any atom is -0.396 e. The molecule has 1 aromatic rings. The highest BCUT2D eigenvalue weighted by Gasteiger charge is 2.23. The highest BCUT2D eigenvalue weighted by molar-refractivity contribution is 5.57. The number of halogens is 1. The summed E-state index contributed by atoms with van der Waals surface area (Å²) in [5.74, 6) is 0.181. The van der Waals surface area contributed by atoms with E-state index in [1.165, 1.54) is 0 Å². The minimum absolute atomic E-state index is 0.120. The molecule has 118 valence electrons. The van der Waals surface area contributed by atoms with Crippen LogP contribution < -0.4 is 10.2 Å². The average molecular weight is 294 g/mol. The van der Waals surface area contributed by atoms with Gasteiger partial charge in [-0.25, -0.2) is 4.39 Å². The molecule has 1 fully saturated rings. The van der Waals surface area contributed by atoms with Crippen molar-refractivity contribution in [1.82, 2.24) is 5.32 Å². The van der Waals surface area contributed by atoms with E-state index in [-0.39, 0.29) is 18.5 Å². The lowest BCUT2D eigenvalue weighted by atomic mass is 9.95. The standard InChI is InChI=1S/C17H27FN2O/c1-4-19-13(3)15-9-16(18)12(2)8-17(15)20-7-5-6-14(10-20)11-21/h8-9,13-14,19,21H,4-7,10-11H2,1-3H3. The first kappa shape index (κ1) is 16.2. The number of anilines is 1. The number of aryl methyl sites for hydroxylation is 1. The molecule has 0 bridgehead atoms. The molecule has 1 aliphatic heterocycles. The molecule has 1 aliphatic rings. The third kappa shape index (κ3) is 3.74. The smallest absolute Gasteiger partial charge is 0.126 e. The van der Waals surface area contributed by atoms with Gasteiger partial charge in [0.15, 0.2) is 0 Å². The van der Waals surface area contributed by atoms with Crippen LogP contribution in [-0.2, 0) is 0 Å². The minimum atomic E-state index is -0.144. The third-order valence-electron chi connectivity index (χ3n) is 4.40. The second kappa shape index (κ2) is 7.23. The maximum absolute atomic E-state index is 14.0. The molecule has 1 heterocycles. The van der Waals surface area contributed by atoms with E-state index >= 15 is 0 Å². The highest BCUT2D eigenvalue weighted by atomic mass is 19.1. The molecule has 0 radical (unpaired) electrons. The molecule has 2 atom stereocenters. The van der Waals surface area contributed by atoms with Crippen molar-refractivity contribution in [3.63, 3.8) is 0 Å². The van der Waals surface area contributed by atoms with Crippen LogP contribution in [0.1, 0.15) is 43.9 Å². The second-order valence-electron chi connectivity index (χ2n) is 6.08. The number of aliphatic hydroxyl groups excluding tert-OH is 1. The van der Waals surface area contributed by atoms with Gasteiger partial charge in [-0.05, 0) is 62.4 Å². The Bertz CT molecular complexity index is 478. The van der Waals surface area contributed by atoms with Gasteiger partial charge in [-0.15, -0.1) is 0 Å². The number of hydrogen-bond acceptors (Lipinski definition) is 3. The van der Waals surface area contributed by atoms with Crippen molar-refractivity contribution in [2.75, 3.05) is 31.1 Å². The Kier molecular flexibility index (Phi) is 5.59. The fourth-order valence-corrected chi connectivity index (χ4v) is 3.15. The number of piperidine rings is 1. The number of nitrogens with zero attached hydrogens (tertiary/aromatic N) is 1. The zero-order chi connectivity index (χ0) is 15.4. The summed E-state index contributed by atoms with van der Waals surface area (Å²) < 4.78 is 14.0. The van der Waals surface area contributed by atoms with Gasteiger partial charge in [0, 0.05) is 31.4 Å². The number of rotatable bonds is 5. The Morgan fingerprint density at radius 1 is 1.48 bits per heavy atom. The molecule has 0 spiro atoms. The zero-order valence-corrected chi connectivity index (χ0v) is 13.3. The van der Waals surface area contributed by atoms with Crippen LogP contribution in [0.25, 0.3) is 0 Å². The van der Waals surface area contributed by atoms with E-state index in [4.69, 9.17) is 0 Å². The summed E-state index contributed by atoms with van der Waals surface area (Å²) in [6.07, 6.45) is 2.15. The molecule has 21 heavy (non-hydrogen) atoms. The molecule has 0 aromatic heterocycles. The molecule has 3 nitrogen and oxygen atoms in total. The quantitative estimate of drug-likeness (QED) is 0.876. The lowest BCUT2D eigenvalue weighted by Crippen LogP contribution is -2.38. The normalized spacial score (nSPS) is 20.6. The summed E-state index contributed by atoms with van der Waals surface area (Å²) in [6, 6.07) is 3.74. The van der Waals surface area contributed by atoms with E-state index in [1.54, 1.807) is 6.07 Å². The molecule has 1 saturated heterocycles. The summed E-state index contributed by atoms with van der Waals surface area (Å²) in [5.41, 5.74) is 2.81. The summed E-state index contributed by atoms with van der Waals surface area (Å²) in [5, 5.41) is 12.8. The fourth-order valence-electron chi connectivity index (χ4n) is 3.15. The molecule has 1 aromatic carbocycles. The average Bonchev–Trinajstić information content (AvgIpc) is 2.49. The summed E-state index contributed by atoms with van der Waals surface area (Å²) in [7, 11) is 0. The second-order valence-corrected chi connectivity index (χ2v) is 6.08. The van der Waals surface area contributed by atoms with Gasteiger partial charge in [-0.3, -0.25) is 0 Å². The van der Waals surface area contributed by atoms with Gasteiger partial charge in [-0.1, -0.05) is 6.92 Å². The topological polar surface area (TPSA) is 35.5 Å². The SMILES string of the molecule is CCNC(C)c1cc(F)c(C)cc1N1CCCC(CO)C1. The predicted octanol–water partition coefficient (Wildman–Crippen LogP) is 3.01. The summed E-state index contributed by atoms with van der Waals surface area (Å²) in [6.45, 7) is 8.87. The maximum Gasteiger partial charge on any atom is 0.126 e. The Morgan fingerprint density at radius 3 is 2.90 bits per heavy atom. The van der Waals surface area contributed by atoms with Gasteiger partial charge in [-0.2, -0.15) is 0 Å². The maximum atomic E-state index is 14.0. The van der Waals surface area contributed by atoms with Crippen molar-refractivity contribution in [1.29, 1.82) is 0 Å². The Balaban J connectivity index is 2.33. The first-order valence-corrected chi connectivity index (χ1v) is 7.96. The van der Waals surface area contributed by atoms with Crippen molar-refractivity contribution < 1.29 is 9.50 Å². The molecule has 0 amide bonds. The monoisotopic (exact) mass is 294 g/mol. The summed E-state index contributed by atoms with van der Waals surface area (Å²) >= 11 is 0. The number of aliphatic hydroxyl groups is 1. The lowest BCUT2D eigenvalue weighted by molar-refractivity contribution is 0.208. The Hall–Kier alpha value is -1.13. The van der Waals surface area contributed by atoms with Crippen molar-refractivity contribution in [3.05, 3.63) is 29.1 Å². The van der Waals surface area contributed by atoms with Gasteiger partial charge < -0.3 is 15.3 Å². The zero-order valence-electron chi connectivity index (χ0n) is 13.3.